The number of benzene rings is 1. The van der Waals surface area contributed by atoms with Gasteiger partial charge in [0.1, 0.15) is 16.1 Å². The third kappa shape index (κ3) is 2.39. The Morgan fingerprint density at radius 3 is 2.50 bits per heavy atom. The fraction of sp³-hybridized carbons (Fsp3) is 0.182. The van der Waals surface area contributed by atoms with Crippen LogP contribution in [0, 0.1) is 6.92 Å². The second-order valence-corrected chi connectivity index (χ2v) is 5.28. The SMILES string of the molecule is Cc1nc(Br)c(C(F)(F)c2ccc(Cl)cc2Cl)[nH]1. The van der Waals surface area contributed by atoms with Crippen molar-refractivity contribution in [3.05, 3.63) is 49.9 Å². The van der Waals surface area contributed by atoms with Crippen molar-refractivity contribution in [1.82, 2.24) is 9.97 Å². The van der Waals surface area contributed by atoms with Gasteiger partial charge in [0.25, 0.3) is 0 Å². The maximum atomic E-state index is 14.3. The highest BCUT2D eigenvalue weighted by Crippen LogP contribution is 2.41. The third-order valence-corrected chi connectivity index (χ3v) is 3.48. The molecule has 0 spiro atoms. The molecule has 0 radical (unpaired) electrons. The smallest absolute Gasteiger partial charge is 0.316 e. The van der Waals surface area contributed by atoms with E-state index in [0.29, 0.717) is 10.8 Å². The van der Waals surface area contributed by atoms with Crippen molar-refractivity contribution in [1.29, 1.82) is 0 Å². The van der Waals surface area contributed by atoms with Crippen molar-refractivity contribution in [3.8, 4) is 0 Å². The van der Waals surface area contributed by atoms with Crippen LogP contribution in [0.3, 0.4) is 0 Å². The van der Waals surface area contributed by atoms with Gasteiger partial charge in [-0.3, -0.25) is 0 Å². The van der Waals surface area contributed by atoms with Crippen LogP contribution < -0.4 is 0 Å². The number of halogens is 5. The van der Waals surface area contributed by atoms with Crippen LogP contribution in [-0.4, -0.2) is 9.97 Å². The number of hydrogen-bond donors (Lipinski definition) is 1. The monoisotopic (exact) mass is 354 g/mol. The lowest BCUT2D eigenvalue weighted by Gasteiger charge is -2.17. The first-order valence-corrected chi connectivity index (χ1v) is 6.43. The lowest BCUT2D eigenvalue weighted by molar-refractivity contribution is 0.0377. The number of aromatic amines is 1. The summed E-state index contributed by atoms with van der Waals surface area (Å²) < 4.78 is 28.7. The van der Waals surface area contributed by atoms with Crippen molar-refractivity contribution in [3.63, 3.8) is 0 Å². The average molecular weight is 356 g/mol. The topological polar surface area (TPSA) is 28.7 Å². The number of hydrogen-bond acceptors (Lipinski definition) is 1. The molecule has 0 saturated heterocycles. The molecule has 2 nitrogen and oxygen atoms in total. The van der Waals surface area contributed by atoms with Gasteiger partial charge in [-0.05, 0) is 41.1 Å². The molecule has 0 unspecified atom stereocenters. The molecule has 1 heterocycles. The van der Waals surface area contributed by atoms with Crippen LogP contribution in [-0.2, 0) is 5.92 Å². The Bertz CT molecular complexity index is 599. The molecule has 1 N–H and O–H groups in total. The van der Waals surface area contributed by atoms with Crippen LogP contribution in [0.25, 0.3) is 0 Å². The molecule has 1 aromatic carbocycles. The number of alkyl halides is 2. The second-order valence-electron chi connectivity index (χ2n) is 3.69. The van der Waals surface area contributed by atoms with E-state index in [0.717, 1.165) is 0 Å². The van der Waals surface area contributed by atoms with Crippen molar-refractivity contribution >= 4 is 39.1 Å². The number of aromatic nitrogens is 2. The van der Waals surface area contributed by atoms with Gasteiger partial charge in [0, 0.05) is 10.6 Å². The highest BCUT2D eigenvalue weighted by Gasteiger charge is 2.40. The maximum absolute atomic E-state index is 14.3. The summed E-state index contributed by atoms with van der Waals surface area (Å²) in [6, 6.07) is 3.85. The molecular formula is C11H7BrCl2F2N2. The van der Waals surface area contributed by atoms with Gasteiger partial charge < -0.3 is 4.98 Å². The lowest BCUT2D eigenvalue weighted by Crippen LogP contribution is -2.17. The summed E-state index contributed by atoms with van der Waals surface area (Å²) in [7, 11) is 0. The minimum Gasteiger partial charge on any atom is -0.340 e. The van der Waals surface area contributed by atoms with Crippen LogP contribution in [0.1, 0.15) is 17.1 Å². The van der Waals surface area contributed by atoms with E-state index < -0.39 is 5.92 Å². The molecule has 96 valence electrons. The number of nitrogens with one attached hydrogen (secondary N) is 1. The van der Waals surface area contributed by atoms with Gasteiger partial charge in [0.2, 0.25) is 0 Å². The molecule has 0 fully saturated rings. The fourth-order valence-electron chi connectivity index (χ4n) is 1.55. The lowest BCUT2D eigenvalue weighted by atomic mass is 10.1. The van der Waals surface area contributed by atoms with Crippen LogP contribution in [0.5, 0.6) is 0 Å². The Morgan fingerprint density at radius 2 is 2.00 bits per heavy atom. The Balaban J connectivity index is 2.57. The van der Waals surface area contributed by atoms with Gasteiger partial charge in [0.15, 0.2) is 0 Å². The molecule has 0 aliphatic heterocycles. The van der Waals surface area contributed by atoms with Crippen molar-refractivity contribution < 1.29 is 8.78 Å². The van der Waals surface area contributed by atoms with E-state index >= 15 is 0 Å². The minimum absolute atomic E-state index is 0.0658. The number of aryl methyl sites for hydroxylation is 1. The highest BCUT2D eigenvalue weighted by molar-refractivity contribution is 9.10. The molecule has 0 bridgehead atoms. The summed E-state index contributed by atoms with van der Waals surface area (Å²) in [4.78, 5) is 6.39. The Labute approximate surface area is 120 Å². The molecule has 18 heavy (non-hydrogen) atoms. The zero-order valence-corrected chi connectivity index (χ0v) is 12.2. The van der Waals surface area contributed by atoms with Crippen LogP contribution in [0.2, 0.25) is 10.0 Å². The number of H-pyrrole nitrogens is 1. The van der Waals surface area contributed by atoms with Crippen LogP contribution in [0.4, 0.5) is 8.78 Å². The van der Waals surface area contributed by atoms with Crippen LogP contribution in [0.15, 0.2) is 22.8 Å². The molecule has 2 aromatic rings. The molecule has 0 amide bonds. The van der Waals surface area contributed by atoms with E-state index in [1.807, 2.05) is 0 Å². The quantitative estimate of drug-likeness (QED) is 0.813. The maximum Gasteiger partial charge on any atom is 0.316 e. The van der Waals surface area contributed by atoms with Gasteiger partial charge >= 0.3 is 5.92 Å². The predicted octanol–water partition coefficient (Wildman–Crippen LogP) is 4.93. The van der Waals surface area contributed by atoms with Crippen molar-refractivity contribution in [2.45, 2.75) is 12.8 Å². The molecule has 0 aliphatic carbocycles. The van der Waals surface area contributed by atoms with E-state index in [9.17, 15) is 8.78 Å². The first-order chi connectivity index (χ1) is 8.32. The summed E-state index contributed by atoms with van der Waals surface area (Å²) in [6.07, 6.45) is 0. The predicted molar refractivity (Wildman–Crippen MR) is 70.5 cm³/mol. The first-order valence-electron chi connectivity index (χ1n) is 4.88. The minimum atomic E-state index is -3.28. The van der Waals surface area contributed by atoms with Gasteiger partial charge in [-0.15, -0.1) is 0 Å². The molecule has 2 rings (SSSR count). The summed E-state index contributed by atoms with van der Waals surface area (Å²) in [6.45, 7) is 1.59. The summed E-state index contributed by atoms with van der Waals surface area (Å²) >= 11 is 14.5. The van der Waals surface area contributed by atoms with E-state index in [1.165, 1.54) is 18.2 Å². The molecule has 0 atom stereocenters. The Morgan fingerprint density at radius 1 is 1.33 bits per heavy atom. The summed E-state index contributed by atoms with van der Waals surface area (Å²) in [5.41, 5.74) is -0.651. The number of nitrogens with zero attached hydrogens (tertiary/aromatic N) is 1. The van der Waals surface area contributed by atoms with E-state index in [2.05, 4.69) is 25.9 Å². The molecule has 7 heteroatoms. The Hall–Kier alpha value is -0.650. The van der Waals surface area contributed by atoms with Gasteiger partial charge in [-0.25, -0.2) is 4.98 Å². The van der Waals surface area contributed by atoms with E-state index in [1.54, 1.807) is 6.92 Å². The standard InChI is InChI=1S/C11H7BrCl2F2N2/c1-5-17-9(10(12)18-5)11(15,16)7-3-2-6(13)4-8(7)14/h2-4H,1H3,(H,17,18). The molecule has 0 aliphatic rings. The number of rotatable bonds is 2. The zero-order chi connectivity index (χ0) is 13.5. The molecular weight excluding hydrogens is 349 g/mol. The van der Waals surface area contributed by atoms with Gasteiger partial charge in [0.05, 0.1) is 5.02 Å². The van der Waals surface area contributed by atoms with Gasteiger partial charge in [-0.2, -0.15) is 8.78 Å². The Kier molecular flexibility index (Phi) is 3.67. The zero-order valence-electron chi connectivity index (χ0n) is 9.07. The molecule has 1 aromatic heterocycles. The molecule has 0 saturated carbocycles. The van der Waals surface area contributed by atoms with Crippen molar-refractivity contribution in [2.24, 2.45) is 0 Å². The van der Waals surface area contributed by atoms with E-state index in [-0.39, 0.29) is 20.9 Å². The first kappa shape index (κ1) is 13.8. The normalized spacial score (nSPS) is 11.9. The fourth-order valence-corrected chi connectivity index (χ4v) is 2.69. The van der Waals surface area contributed by atoms with Gasteiger partial charge in [-0.1, -0.05) is 23.2 Å². The summed E-state index contributed by atoms with van der Waals surface area (Å²) in [5.74, 6) is -2.89. The second kappa shape index (κ2) is 4.79. The largest absolute Gasteiger partial charge is 0.340 e. The van der Waals surface area contributed by atoms with E-state index in [4.69, 9.17) is 23.2 Å². The number of imidazole rings is 1. The summed E-state index contributed by atoms with van der Waals surface area (Å²) in [5, 5.41) is 0.214. The third-order valence-electron chi connectivity index (χ3n) is 2.36. The highest BCUT2D eigenvalue weighted by atomic mass is 79.9. The average Bonchev–Trinajstić information content (AvgIpc) is 2.57. The van der Waals surface area contributed by atoms with Crippen LogP contribution >= 0.6 is 39.1 Å². The van der Waals surface area contributed by atoms with Crippen molar-refractivity contribution in [2.75, 3.05) is 0 Å².